The summed E-state index contributed by atoms with van der Waals surface area (Å²) in [7, 11) is 2.36. The summed E-state index contributed by atoms with van der Waals surface area (Å²) >= 11 is 0. The van der Waals surface area contributed by atoms with E-state index in [9.17, 15) is 4.21 Å². The molecule has 0 amide bonds. The van der Waals surface area contributed by atoms with Crippen LogP contribution < -0.4 is 10.0 Å². The van der Waals surface area contributed by atoms with Crippen LogP contribution in [0.1, 0.15) is 168 Å². The van der Waals surface area contributed by atoms with Gasteiger partial charge in [-0.05, 0) is 183 Å². The Kier molecular flexibility index (Phi) is 9.36. The number of nitrogens with zero attached hydrogens (tertiary/aromatic N) is 1. The lowest BCUT2D eigenvalue weighted by atomic mass is 9.55. The molecule has 0 aromatic heterocycles. The molecule has 0 saturated heterocycles. The molecule has 3 nitrogen and oxygen atoms in total. The molecule has 2 aromatic rings. The van der Waals surface area contributed by atoms with Crippen molar-refractivity contribution in [3.8, 4) is 5.75 Å². The third-order valence-corrected chi connectivity index (χ3v) is 20.5. The highest BCUT2D eigenvalue weighted by Gasteiger charge is 2.63. The van der Waals surface area contributed by atoms with Gasteiger partial charge in [-0.2, -0.15) is 0 Å². The van der Waals surface area contributed by atoms with Gasteiger partial charge in [0, 0.05) is 18.2 Å². The molecule has 8 saturated carbocycles. The third kappa shape index (κ3) is 6.41. The topological polar surface area (TPSA) is 29.5 Å². The van der Waals surface area contributed by atoms with Gasteiger partial charge in [0.2, 0.25) is 0 Å². The van der Waals surface area contributed by atoms with Gasteiger partial charge in [0.05, 0.1) is 17.9 Å². The molecule has 8 aliphatic carbocycles. The molecule has 52 heavy (non-hydrogen) atoms. The Hall–Kier alpha value is -1.22. The summed E-state index contributed by atoms with van der Waals surface area (Å²) in [6.07, 6.45) is 17.8. The molecule has 5 heteroatoms. The highest BCUT2D eigenvalue weighted by molar-refractivity contribution is 7.84. The van der Waals surface area contributed by atoms with Gasteiger partial charge in [0.15, 0.2) is 0 Å². The predicted octanol–water partition coefficient (Wildman–Crippen LogP) is 11.8. The van der Waals surface area contributed by atoms with Gasteiger partial charge in [-0.25, -0.2) is 8.51 Å². The molecule has 2 aromatic carbocycles. The van der Waals surface area contributed by atoms with Crippen LogP contribution in [0.4, 0.5) is 0 Å². The molecule has 8 fully saturated rings. The number of ether oxygens (including phenoxy) is 1. The molecule has 0 N–H and O–H groups in total. The van der Waals surface area contributed by atoms with Gasteiger partial charge in [0.25, 0.3) is 0 Å². The van der Waals surface area contributed by atoms with Crippen molar-refractivity contribution in [3.63, 3.8) is 0 Å². The van der Waals surface area contributed by atoms with E-state index in [1.165, 1.54) is 99.3 Å². The van der Waals surface area contributed by atoms with Crippen molar-refractivity contribution in [1.29, 1.82) is 0 Å². The van der Waals surface area contributed by atoms with Crippen LogP contribution >= 0.6 is 7.92 Å². The van der Waals surface area contributed by atoms with E-state index < -0.39 is 18.9 Å². The Morgan fingerprint density at radius 1 is 0.692 bits per heavy atom. The first-order valence-corrected chi connectivity index (χ1v) is 23.5. The first-order valence-electron chi connectivity index (χ1n) is 21.1. The van der Waals surface area contributed by atoms with Crippen molar-refractivity contribution in [3.05, 3.63) is 58.7 Å². The second-order valence-corrected chi connectivity index (χ2v) is 27.5. The predicted molar refractivity (Wildman–Crippen MR) is 223 cm³/mol. The fourth-order valence-electron chi connectivity index (χ4n) is 13.9. The largest absolute Gasteiger partial charge is 0.496 e. The van der Waals surface area contributed by atoms with E-state index in [2.05, 4.69) is 110 Å². The van der Waals surface area contributed by atoms with Crippen molar-refractivity contribution >= 4 is 24.2 Å². The monoisotopic (exact) mass is 743 g/mol. The van der Waals surface area contributed by atoms with E-state index in [0.717, 1.165) is 41.3 Å². The molecule has 0 aliphatic heterocycles. The molecule has 0 heterocycles. The van der Waals surface area contributed by atoms with Crippen LogP contribution in [0.25, 0.3) is 0 Å². The summed E-state index contributed by atoms with van der Waals surface area (Å²) in [6, 6.07) is 14.6. The fraction of sp³-hybridized carbons (Fsp3) is 0.745. The third-order valence-electron chi connectivity index (χ3n) is 14.8. The molecule has 8 aliphatic rings. The second-order valence-electron chi connectivity index (χ2n) is 22.1. The van der Waals surface area contributed by atoms with E-state index in [0.29, 0.717) is 10.3 Å². The Morgan fingerprint density at radius 2 is 1.08 bits per heavy atom. The van der Waals surface area contributed by atoms with E-state index >= 15 is 0 Å². The van der Waals surface area contributed by atoms with Crippen LogP contribution in [0.3, 0.4) is 0 Å². The van der Waals surface area contributed by atoms with Gasteiger partial charge >= 0.3 is 0 Å². The molecule has 8 bridgehead atoms. The summed E-state index contributed by atoms with van der Waals surface area (Å²) in [5.41, 5.74) is 4.99. The SMILES string of the molecule is COc1c(C(C)(C)C)cc([C@@H](c2ccccc2P(C23CC4CC(CC(C4)C2)C3)C23CC4CC(CC(C4)C2)C3)N(C)[S@](=O)C(C)(C)C)cc1C(C)(C)C. The molecule has 10 rings (SSSR count). The molecule has 0 spiro atoms. The van der Waals surface area contributed by atoms with E-state index in [1.54, 1.807) is 5.30 Å². The molecule has 2 atom stereocenters. The smallest absolute Gasteiger partial charge is 0.126 e. The number of hydrogen-bond donors (Lipinski definition) is 0. The first kappa shape index (κ1) is 37.7. The van der Waals surface area contributed by atoms with E-state index in [-0.39, 0.29) is 21.6 Å². The number of hydrogen-bond acceptors (Lipinski definition) is 2. The summed E-state index contributed by atoms with van der Waals surface area (Å²) < 4.78 is 23.0. The van der Waals surface area contributed by atoms with Crippen molar-refractivity contribution in [2.45, 2.75) is 171 Å². The lowest BCUT2D eigenvalue weighted by Gasteiger charge is -2.67. The molecule has 286 valence electrons. The molecular weight excluding hydrogens is 674 g/mol. The van der Waals surface area contributed by atoms with Crippen LogP contribution in [-0.2, 0) is 21.8 Å². The lowest BCUT2D eigenvalue weighted by molar-refractivity contribution is 0.0195. The van der Waals surface area contributed by atoms with Gasteiger partial charge in [0.1, 0.15) is 16.7 Å². The van der Waals surface area contributed by atoms with Crippen LogP contribution in [0.2, 0.25) is 0 Å². The fourth-order valence-corrected chi connectivity index (χ4v) is 20.5. The first-order chi connectivity index (χ1) is 24.3. The normalized spacial score (nSPS) is 35.6. The summed E-state index contributed by atoms with van der Waals surface area (Å²) in [5.74, 6) is 6.65. The maximum absolute atomic E-state index is 14.8. The van der Waals surface area contributed by atoms with Crippen molar-refractivity contribution in [2.75, 3.05) is 14.2 Å². The van der Waals surface area contributed by atoms with Gasteiger partial charge < -0.3 is 4.74 Å². The Bertz CT molecular complexity index is 1560. The van der Waals surface area contributed by atoms with Crippen LogP contribution in [-0.4, -0.2) is 37.7 Å². The van der Waals surface area contributed by atoms with E-state index in [4.69, 9.17) is 4.74 Å². The molecular formula is C47H70NO2PS. The Balaban J connectivity index is 1.38. The van der Waals surface area contributed by atoms with Crippen LogP contribution in [0.5, 0.6) is 5.75 Å². The zero-order valence-electron chi connectivity index (χ0n) is 34.6. The quantitative estimate of drug-likeness (QED) is 0.252. The minimum atomic E-state index is -1.21. The van der Waals surface area contributed by atoms with Crippen molar-refractivity contribution in [2.24, 2.45) is 35.5 Å². The Morgan fingerprint density at radius 3 is 1.42 bits per heavy atom. The van der Waals surface area contributed by atoms with Gasteiger partial charge in [-0.3, -0.25) is 0 Å². The molecule has 0 unspecified atom stereocenters. The highest BCUT2D eigenvalue weighted by Crippen LogP contribution is 2.78. The lowest BCUT2D eigenvalue weighted by Crippen LogP contribution is -2.58. The minimum absolute atomic E-state index is 0.113. The maximum atomic E-state index is 14.8. The zero-order valence-corrected chi connectivity index (χ0v) is 36.3. The standard InChI is InChI=1S/C47H70NO2PS/c1-43(2,3)38-22-36(23-39(42(38)50-11)44(4,5)6)41(48(10)52(49)45(7,8)9)37-14-12-13-15-40(37)51(46-24-30-16-31(25-46)18-32(17-30)26-46)47-27-33-19-34(28-47)21-35(20-33)29-47/h12-15,22-23,30-35,41H,16-21,24-29H2,1-11H3/t30?,31?,32?,33?,34?,35?,41-,46?,47?,51?,52+/m0/s1. The average molecular weight is 744 g/mol. The minimum Gasteiger partial charge on any atom is -0.496 e. The van der Waals surface area contributed by atoms with Gasteiger partial charge in [-0.1, -0.05) is 73.7 Å². The Labute approximate surface area is 321 Å². The molecule has 0 radical (unpaired) electrons. The van der Waals surface area contributed by atoms with E-state index in [1.807, 2.05) is 7.11 Å². The summed E-state index contributed by atoms with van der Waals surface area (Å²) in [5, 5.41) is 2.62. The zero-order chi connectivity index (χ0) is 37.2. The van der Waals surface area contributed by atoms with Crippen molar-refractivity contribution in [1.82, 2.24) is 4.31 Å². The second kappa shape index (κ2) is 12.9. The van der Waals surface area contributed by atoms with Crippen molar-refractivity contribution < 1.29 is 8.95 Å². The number of methoxy groups -OCH3 is 1. The highest BCUT2D eigenvalue weighted by atomic mass is 32.2. The number of rotatable bonds is 8. The van der Waals surface area contributed by atoms with Crippen LogP contribution in [0.15, 0.2) is 36.4 Å². The number of benzene rings is 2. The maximum Gasteiger partial charge on any atom is 0.126 e. The average Bonchev–Trinajstić information content (AvgIpc) is 3.02. The van der Waals surface area contributed by atoms with Crippen LogP contribution in [0, 0.1) is 35.5 Å². The van der Waals surface area contributed by atoms with Gasteiger partial charge in [-0.15, -0.1) is 0 Å². The summed E-state index contributed by atoms with van der Waals surface area (Å²) in [4.78, 5) is 0. The summed E-state index contributed by atoms with van der Waals surface area (Å²) in [6.45, 7) is 20.4.